The molecule has 0 aliphatic carbocycles. The summed E-state index contributed by atoms with van der Waals surface area (Å²) < 4.78 is 45.7. The Hall–Kier alpha value is -2.51. The van der Waals surface area contributed by atoms with E-state index in [1.54, 1.807) is 7.11 Å². The van der Waals surface area contributed by atoms with Crippen molar-refractivity contribution in [2.75, 3.05) is 26.7 Å². The van der Waals surface area contributed by atoms with Crippen LogP contribution >= 0.6 is 0 Å². The van der Waals surface area contributed by atoms with E-state index in [-0.39, 0.29) is 5.54 Å². The molecule has 5 rings (SSSR count). The quantitative estimate of drug-likeness (QED) is 0.629. The van der Waals surface area contributed by atoms with Crippen LogP contribution in [-0.2, 0) is 18.5 Å². The van der Waals surface area contributed by atoms with Crippen molar-refractivity contribution >= 4 is 10.9 Å². The summed E-state index contributed by atoms with van der Waals surface area (Å²) in [6.07, 6.45) is 2.73. The molecule has 7 heteroatoms. The average molecular weight is 415 g/mol. The molecule has 0 saturated carbocycles. The number of aromatic nitrogens is 1. The largest absolute Gasteiger partial charge is 0.497 e. The zero-order chi connectivity index (χ0) is 20.9. The first-order valence-corrected chi connectivity index (χ1v) is 10.3. The number of piperidine rings is 1. The van der Waals surface area contributed by atoms with Crippen LogP contribution in [0.5, 0.6) is 5.75 Å². The van der Waals surface area contributed by atoms with Crippen LogP contribution in [0.3, 0.4) is 0 Å². The van der Waals surface area contributed by atoms with Gasteiger partial charge in [0.15, 0.2) is 17.5 Å². The predicted molar refractivity (Wildman–Crippen MR) is 109 cm³/mol. The third-order valence-corrected chi connectivity index (χ3v) is 6.59. The van der Waals surface area contributed by atoms with Crippen molar-refractivity contribution in [3.05, 3.63) is 64.6 Å². The normalized spacial score (nSPS) is 18.7. The van der Waals surface area contributed by atoms with Gasteiger partial charge in [0.1, 0.15) is 5.75 Å². The Kier molecular flexibility index (Phi) is 4.75. The number of hydrogen-bond donors (Lipinski definition) is 2. The number of nitrogens with one attached hydrogen (secondary N) is 2. The smallest absolute Gasteiger partial charge is 0.194 e. The molecule has 0 unspecified atom stereocenters. The molecular formula is C23H24F3N3O. The Morgan fingerprint density at radius 1 is 1.07 bits per heavy atom. The molecule has 4 nitrogen and oxygen atoms in total. The number of ether oxygens (including phenoxy) is 1. The van der Waals surface area contributed by atoms with Gasteiger partial charge in [0.05, 0.1) is 12.6 Å². The summed E-state index contributed by atoms with van der Waals surface area (Å²) in [5.74, 6) is -2.83. The molecule has 0 atom stereocenters. The van der Waals surface area contributed by atoms with E-state index in [9.17, 15) is 13.2 Å². The van der Waals surface area contributed by atoms with Gasteiger partial charge in [-0.1, -0.05) is 0 Å². The summed E-state index contributed by atoms with van der Waals surface area (Å²) in [5, 5.41) is 4.94. The molecule has 3 aromatic rings. The topological polar surface area (TPSA) is 40.3 Å². The van der Waals surface area contributed by atoms with E-state index in [1.165, 1.54) is 16.6 Å². The zero-order valence-electron chi connectivity index (χ0n) is 16.8. The number of hydrogen-bond acceptors (Lipinski definition) is 3. The molecule has 2 aromatic carbocycles. The SMILES string of the molecule is COc1ccc2[nH]c3c(c2c1)CCNC31CCN(Cc2cc(F)c(F)c(F)c2)CC1. The number of nitrogens with zero attached hydrogens (tertiary/aromatic N) is 1. The lowest BCUT2D eigenvalue weighted by Crippen LogP contribution is -2.54. The average Bonchev–Trinajstić information content (AvgIpc) is 3.13. The highest BCUT2D eigenvalue weighted by molar-refractivity contribution is 5.86. The molecule has 3 heterocycles. The van der Waals surface area contributed by atoms with Crippen molar-refractivity contribution in [1.82, 2.24) is 15.2 Å². The second kappa shape index (κ2) is 7.32. The number of aromatic amines is 1. The van der Waals surface area contributed by atoms with Gasteiger partial charge in [0.25, 0.3) is 0 Å². The number of fused-ring (bicyclic) bond motifs is 4. The molecule has 30 heavy (non-hydrogen) atoms. The van der Waals surface area contributed by atoms with Crippen LogP contribution in [0.15, 0.2) is 30.3 Å². The van der Waals surface area contributed by atoms with Gasteiger partial charge >= 0.3 is 0 Å². The van der Waals surface area contributed by atoms with E-state index in [0.717, 1.165) is 62.3 Å². The van der Waals surface area contributed by atoms with Gasteiger partial charge < -0.3 is 15.0 Å². The number of rotatable bonds is 3. The second-order valence-electron chi connectivity index (χ2n) is 8.30. The summed E-state index contributed by atoms with van der Waals surface area (Å²) in [5.41, 5.74) is 4.03. The molecule has 2 aliphatic heterocycles. The van der Waals surface area contributed by atoms with Gasteiger partial charge in [-0.15, -0.1) is 0 Å². The Labute approximate surface area is 173 Å². The maximum absolute atomic E-state index is 13.5. The molecular weight excluding hydrogens is 391 g/mol. The van der Waals surface area contributed by atoms with E-state index in [0.29, 0.717) is 12.1 Å². The van der Waals surface area contributed by atoms with Gasteiger partial charge in [-0.3, -0.25) is 4.90 Å². The summed E-state index contributed by atoms with van der Waals surface area (Å²) in [4.78, 5) is 5.80. The number of methoxy groups -OCH3 is 1. The molecule has 0 bridgehead atoms. The van der Waals surface area contributed by atoms with Gasteiger partial charge in [-0.05, 0) is 60.7 Å². The minimum absolute atomic E-state index is 0.129. The number of likely N-dealkylation sites (tertiary alicyclic amines) is 1. The van der Waals surface area contributed by atoms with Crippen LogP contribution < -0.4 is 10.1 Å². The minimum Gasteiger partial charge on any atom is -0.497 e. The molecule has 0 amide bonds. The van der Waals surface area contributed by atoms with Gasteiger partial charge in [0.2, 0.25) is 0 Å². The second-order valence-corrected chi connectivity index (χ2v) is 8.30. The Morgan fingerprint density at radius 2 is 1.80 bits per heavy atom. The maximum atomic E-state index is 13.5. The van der Waals surface area contributed by atoms with Crippen molar-refractivity contribution in [2.45, 2.75) is 31.3 Å². The van der Waals surface area contributed by atoms with Gasteiger partial charge in [0, 0.05) is 42.8 Å². The van der Waals surface area contributed by atoms with E-state index in [2.05, 4.69) is 27.3 Å². The van der Waals surface area contributed by atoms with E-state index in [1.807, 2.05) is 6.07 Å². The fourth-order valence-corrected chi connectivity index (χ4v) is 5.01. The molecule has 2 N–H and O–H groups in total. The lowest BCUT2D eigenvalue weighted by Gasteiger charge is -2.45. The number of H-pyrrole nitrogens is 1. The van der Waals surface area contributed by atoms with Crippen molar-refractivity contribution in [1.29, 1.82) is 0 Å². The lowest BCUT2D eigenvalue weighted by atomic mass is 9.79. The molecule has 1 saturated heterocycles. The van der Waals surface area contributed by atoms with E-state index in [4.69, 9.17) is 4.74 Å². The van der Waals surface area contributed by atoms with Crippen molar-refractivity contribution in [3.63, 3.8) is 0 Å². The molecule has 1 spiro atoms. The Balaban J connectivity index is 1.37. The monoisotopic (exact) mass is 415 g/mol. The summed E-state index contributed by atoms with van der Waals surface area (Å²) in [7, 11) is 1.68. The van der Waals surface area contributed by atoms with Gasteiger partial charge in [-0.2, -0.15) is 0 Å². The number of benzene rings is 2. The first-order valence-electron chi connectivity index (χ1n) is 10.3. The highest BCUT2D eigenvalue weighted by Gasteiger charge is 2.41. The van der Waals surface area contributed by atoms with Crippen molar-refractivity contribution in [3.8, 4) is 5.75 Å². The van der Waals surface area contributed by atoms with Crippen LogP contribution in [0, 0.1) is 17.5 Å². The molecule has 0 radical (unpaired) electrons. The highest BCUT2D eigenvalue weighted by Crippen LogP contribution is 2.41. The predicted octanol–water partition coefficient (Wildman–Crippen LogP) is 4.23. The van der Waals surface area contributed by atoms with Crippen LogP contribution in [0.4, 0.5) is 13.2 Å². The third-order valence-electron chi connectivity index (χ3n) is 6.59. The van der Waals surface area contributed by atoms with Crippen LogP contribution in [0.2, 0.25) is 0 Å². The summed E-state index contributed by atoms with van der Waals surface area (Å²) in [6.45, 7) is 2.88. The van der Waals surface area contributed by atoms with E-state index >= 15 is 0 Å². The highest BCUT2D eigenvalue weighted by atomic mass is 19.2. The molecule has 158 valence electrons. The standard InChI is InChI=1S/C23H24F3N3O/c1-30-15-2-3-20-17(12-15)16-4-7-27-23(22(16)28-20)5-8-29(9-6-23)13-14-10-18(24)21(26)19(25)11-14/h2-3,10-12,27-28H,4-9,13H2,1H3. The lowest BCUT2D eigenvalue weighted by molar-refractivity contribution is 0.121. The minimum atomic E-state index is -1.41. The Morgan fingerprint density at radius 3 is 2.50 bits per heavy atom. The van der Waals surface area contributed by atoms with Crippen LogP contribution in [0.25, 0.3) is 10.9 Å². The van der Waals surface area contributed by atoms with E-state index < -0.39 is 17.5 Å². The fourth-order valence-electron chi connectivity index (χ4n) is 5.01. The zero-order valence-corrected chi connectivity index (χ0v) is 16.8. The number of halogens is 3. The van der Waals surface area contributed by atoms with Crippen molar-refractivity contribution in [2.24, 2.45) is 0 Å². The van der Waals surface area contributed by atoms with Crippen LogP contribution in [0.1, 0.15) is 29.7 Å². The van der Waals surface area contributed by atoms with Gasteiger partial charge in [-0.25, -0.2) is 13.2 Å². The summed E-state index contributed by atoms with van der Waals surface area (Å²) in [6, 6.07) is 8.30. The van der Waals surface area contributed by atoms with Crippen LogP contribution in [-0.4, -0.2) is 36.6 Å². The molecule has 1 aromatic heterocycles. The third kappa shape index (κ3) is 3.17. The fraction of sp³-hybridized carbons (Fsp3) is 0.391. The maximum Gasteiger partial charge on any atom is 0.194 e. The van der Waals surface area contributed by atoms with Crippen molar-refractivity contribution < 1.29 is 17.9 Å². The first-order chi connectivity index (χ1) is 14.5. The first kappa shape index (κ1) is 19.5. The Bertz CT molecular complexity index is 1080. The molecule has 2 aliphatic rings. The summed E-state index contributed by atoms with van der Waals surface area (Å²) >= 11 is 0. The molecule has 1 fully saturated rings.